The molecule has 2 heterocycles. The first kappa shape index (κ1) is 26.4. The summed E-state index contributed by atoms with van der Waals surface area (Å²) in [5, 5.41) is 62.3. The van der Waals surface area contributed by atoms with E-state index in [2.05, 4.69) is 0 Å². The van der Waals surface area contributed by atoms with Gasteiger partial charge in [0.15, 0.2) is 22.7 Å². The number of phenolic OH excluding ortho intramolecular Hbond substituents is 6. The second-order valence-electron chi connectivity index (χ2n) is 9.70. The van der Waals surface area contributed by atoms with Crippen molar-refractivity contribution in [3.8, 4) is 57.3 Å². The average Bonchev–Trinajstić information content (AvgIpc) is 2.93. The summed E-state index contributed by atoms with van der Waals surface area (Å²) in [7, 11) is 1.37. The van der Waals surface area contributed by atoms with Crippen LogP contribution in [0.2, 0.25) is 0 Å². The van der Waals surface area contributed by atoms with Crippen molar-refractivity contribution in [2.24, 2.45) is 0 Å². The normalized spacial score (nSPS) is 16.2. The Kier molecular flexibility index (Phi) is 6.07. The Morgan fingerprint density at radius 3 is 2.17 bits per heavy atom. The Balaban J connectivity index is 1.65. The van der Waals surface area contributed by atoms with Gasteiger partial charge >= 0.3 is 0 Å². The van der Waals surface area contributed by atoms with E-state index >= 15 is 0 Å². The molecule has 0 fully saturated rings. The van der Waals surface area contributed by atoms with Crippen LogP contribution in [0.1, 0.15) is 33.5 Å². The van der Waals surface area contributed by atoms with E-state index in [4.69, 9.17) is 13.9 Å². The van der Waals surface area contributed by atoms with E-state index in [1.165, 1.54) is 49.6 Å². The number of hydrogen-bond donors (Lipinski definition) is 6. The molecular weight excluding hydrogens is 548 g/mol. The summed E-state index contributed by atoms with van der Waals surface area (Å²) in [5.41, 5.74) is -0.941. The lowest BCUT2D eigenvalue weighted by molar-refractivity contribution is 0.0772. The number of fused-ring (bicyclic) bond motifs is 2. The minimum Gasteiger partial charge on any atom is -0.508 e. The Labute approximate surface area is 236 Å². The lowest BCUT2D eigenvalue weighted by Crippen LogP contribution is -2.30. The first-order valence-corrected chi connectivity index (χ1v) is 12.5. The first-order valence-electron chi connectivity index (χ1n) is 12.5. The van der Waals surface area contributed by atoms with Crippen molar-refractivity contribution in [2.45, 2.75) is 12.0 Å². The van der Waals surface area contributed by atoms with Gasteiger partial charge in [0.25, 0.3) is 0 Å². The number of rotatable bonds is 4. The molecule has 0 amide bonds. The van der Waals surface area contributed by atoms with Crippen molar-refractivity contribution in [1.82, 2.24) is 0 Å². The third-order valence-corrected chi connectivity index (χ3v) is 7.15. The Morgan fingerprint density at radius 2 is 1.48 bits per heavy atom. The van der Waals surface area contributed by atoms with Crippen molar-refractivity contribution >= 4 is 16.8 Å². The highest BCUT2D eigenvalue weighted by atomic mass is 16.5. The number of ether oxygens (including phenoxy) is 2. The van der Waals surface area contributed by atoms with Gasteiger partial charge in [-0.2, -0.15) is 0 Å². The number of hydrogen-bond acceptors (Lipinski definition) is 11. The zero-order valence-electron chi connectivity index (χ0n) is 21.7. The van der Waals surface area contributed by atoms with Gasteiger partial charge in [-0.25, -0.2) is 0 Å². The third kappa shape index (κ3) is 4.15. The lowest BCUT2D eigenvalue weighted by atomic mass is 9.79. The predicted octanol–water partition coefficient (Wildman–Crippen LogP) is 4.80. The van der Waals surface area contributed by atoms with Crippen molar-refractivity contribution in [3.05, 3.63) is 93.6 Å². The summed E-state index contributed by atoms with van der Waals surface area (Å²) in [6, 6.07) is 14.0. The van der Waals surface area contributed by atoms with Crippen molar-refractivity contribution in [3.63, 3.8) is 0 Å². The quantitative estimate of drug-likeness (QED) is 0.174. The lowest BCUT2D eigenvalue weighted by Gasteiger charge is -2.34. The SMILES string of the molecule is COc1ccc(-c2cc(=O)c3c(O)cc(O)c([C@@H]4C(=O)c5c(O)cc(O)cc5O[C@H]4c4ccc(O)cc4)c3o2)cc1O. The third-order valence-electron chi connectivity index (χ3n) is 7.15. The highest BCUT2D eigenvalue weighted by Crippen LogP contribution is 2.52. The maximum atomic E-state index is 14.1. The van der Waals surface area contributed by atoms with Gasteiger partial charge < -0.3 is 44.5 Å². The molecule has 0 saturated carbocycles. The highest BCUT2D eigenvalue weighted by Gasteiger charge is 2.44. The molecule has 212 valence electrons. The smallest absolute Gasteiger partial charge is 0.197 e. The largest absolute Gasteiger partial charge is 0.508 e. The van der Waals surface area contributed by atoms with Crippen LogP contribution < -0.4 is 14.9 Å². The molecule has 2 atom stereocenters. The van der Waals surface area contributed by atoms with Gasteiger partial charge in [0.2, 0.25) is 0 Å². The molecule has 0 saturated heterocycles. The number of benzene rings is 4. The molecule has 6 rings (SSSR count). The van der Waals surface area contributed by atoms with Crippen LogP contribution in [-0.4, -0.2) is 43.5 Å². The summed E-state index contributed by atoms with van der Waals surface area (Å²) < 4.78 is 17.3. The second kappa shape index (κ2) is 9.66. The Morgan fingerprint density at radius 1 is 0.738 bits per heavy atom. The molecule has 1 aliphatic heterocycles. The van der Waals surface area contributed by atoms with E-state index in [1.54, 1.807) is 0 Å². The number of aromatic hydroxyl groups is 6. The molecule has 1 aliphatic rings. The van der Waals surface area contributed by atoms with E-state index in [0.29, 0.717) is 5.56 Å². The number of carbonyl (C=O) groups is 1. The van der Waals surface area contributed by atoms with Gasteiger partial charge in [0, 0.05) is 29.8 Å². The predicted molar refractivity (Wildman–Crippen MR) is 148 cm³/mol. The van der Waals surface area contributed by atoms with Crippen molar-refractivity contribution in [2.75, 3.05) is 7.11 Å². The molecule has 1 aromatic heterocycles. The summed E-state index contributed by atoms with van der Waals surface area (Å²) >= 11 is 0. The van der Waals surface area contributed by atoms with E-state index in [-0.39, 0.29) is 62.2 Å². The molecule has 0 radical (unpaired) electrons. The molecule has 5 aromatic rings. The molecular formula is C31H22O11. The molecule has 6 N–H and O–H groups in total. The van der Waals surface area contributed by atoms with Crippen LogP contribution in [0.3, 0.4) is 0 Å². The standard InChI is InChI=1S/C31H22O11/c1-40-22-7-4-14(8-17(22)34)23-12-21(38)25-19(36)11-20(37)27(31(25)41-23)28-29(39)26-18(35)9-16(33)10-24(26)42-30(28)13-2-5-15(32)6-3-13/h2-12,28,30,32-37H,1H3/t28-,30+/m1/s1. The fourth-order valence-electron chi connectivity index (χ4n) is 5.24. The highest BCUT2D eigenvalue weighted by molar-refractivity contribution is 6.09. The molecule has 11 nitrogen and oxygen atoms in total. The Hall–Kier alpha value is -5.84. The Bertz CT molecular complexity index is 1960. The summed E-state index contributed by atoms with van der Waals surface area (Å²) in [6.45, 7) is 0. The minimum atomic E-state index is -1.46. The number of phenols is 6. The van der Waals surface area contributed by atoms with Crippen LogP contribution in [0.4, 0.5) is 0 Å². The average molecular weight is 571 g/mol. The monoisotopic (exact) mass is 570 g/mol. The summed E-state index contributed by atoms with van der Waals surface area (Å²) in [5.74, 6) is -4.69. The summed E-state index contributed by atoms with van der Waals surface area (Å²) in [6.07, 6.45) is -1.22. The van der Waals surface area contributed by atoms with Gasteiger partial charge in [-0.15, -0.1) is 0 Å². The van der Waals surface area contributed by atoms with Gasteiger partial charge in [-0.05, 0) is 35.9 Å². The molecule has 11 heteroatoms. The number of carbonyl (C=O) groups excluding carboxylic acids is 1. The molecule has 0 unspecified atom stereocenters. The topological polar surface area (TPSA) is 187 Å². The minimum absolute atomic E-state index is 0.0600. The van der Waals surface area contributed by atoms with Crippen LogP contribution in [-0.2, 0) is 0 Å². The van der Waals surface area contributed by atoms with Gasteiger partial charge in [0.05, 0.1) is 18.6 Å². The second-order valence-corrected chi connectivity index (χ2v) is 9.70. The molecule has 0 aliphatic carbocycles. The van der Waals surface area contributed by atoms with Crippen molar-refractivity contribution < 1.29 is 49.3 Å². The van der Waals surface area contributed by atoms with Crippen LogP contribution in [0, 0.1) is 0 Å². The zero-order valence-corrected chi connectivity index (χ0v) is 21.7. The van der Waals surface area contributed by atoms with Crippen LogP contribution in [0.15, 0.2) is 75.9 Å². The molecule has 42 heavy (non-hydrogen) atoms. The van der Waals surface area contributed by atoms with Crippen molar-refractivity contribution in [1.29, 1.82) is 0 Å². The number of ketones is 1. The zero-order chi connectivity index (χ0) is 29.9. The fraction of sp³-hybridized carbons (Fsp3) is 0.0968. The summed E-state index contributed by atoms with van der Waals surface area (Å²) in [4.78, 5) is 27.4. The van der Waals surface area contributed by atoms with Gasteiger partial charge in [0.1, 0.15) is 62.9 Å². The van der Waals surface area contributed by atoms with Crippen LogP contribution in [0.5, 0.6) is 46.0 Å². The molecule has 0 bridgehead atoms. The van der Waals surface area contributed by atoms with E-state index in [0.717, 1.165) is 24.3 Å². The van der Waals surface area contributed by atoms with Crippen LogP contribution in [0.25, 0.3) is 22.3 Å². The van der Waals surface area contributed by atoms with E-state index in [9.17, 15) is 40.2 Å². The molecule has 4 aromatic carbocycles. The fourth-order valence-corrected chi connectivity index (χ4v) is 5.24. The van der Waals surface area contributed by atoms with Crippen LogP contribution >= 0.6 is 0 Å². The van der Waals surface area contributed by atoms with Gasteiger partial charge in [-0.1, -0.05) is 12.1 Å². The maximum Gasteiger partial charge on any atom is 0.197 e. The van der Waals surface area contributed by atoms with E-state index in [1.807, 2.05) is 0 Å². The van der Waals surface area contributed by atoms with Gasteiger partial charge in [-0.3, -0.25) is 9.59 Å². The molecule has 0 spiro atoms. The van der Waals surface area contributed by atoms with E-state index < -0.39 is 40.5 Å². The first-order chi connectivity index (χ1) is 20.1. The number of methoxy groups -OCH3 is 1. The number of Topliss-reactive ketones (excluding diaryl/α,β-unsaturated/α-hetero) is 1. The maximum absolute atomic E-state index is 14.1.